The molecule has 1 heterocycles. The molecule has 1 aromatic carbocycles. The van der Waals surface area contributed by atoms with Gasteiger partial charge in [0.15, 0.2) is 0 Å². The topological polar surface area (TPSA) is 38.5 Å². The maximum Gasteiger partial charge on any atom is 0.119 e. The summed E-state index contributed by atoms with van der Waals surface area (Å²) in [4.78, 5) is 2.52. The van der Waals surface area contributed by atoms with Crippen LogP contribution >= 0.6 is 0 Å². The number of nitrogens with two attached hydrogens (primary N) is 1. The maximum absolute atomic E-state index is 5.81. The molecule has 0 unspecified atom stereocenters. The molecular formula is C15H24N2O. The number of nitrogens with zero attached hydrogens (tertiary/aromatic N) is 1. The van der Waals surface area contributed by atoms with Crippen LogP contribution in [0.15, 0.2) is 24.3 Å². The third-order valence-corrected chi connectivity index (χ3v) is 3.49. The lowest BCUT2D eigenvalue weighted by molar-refractivity contribution is 0.263. The van der Waals surface area contributed by atoms with Crippen LogP contribution in [0.5, 0.6) is 5.75 Å². The van der Waals surface area contributed by atoms with Crippen LogP contribution in [0.25, 0.3) is 0 Å². The summed E-state index contributed by atoms with van der Waals surface area (Å²) in [7, 11) is 0. The van der Waals surface area contributed by atoms with Gasteiger partial charge >= 0.3 is 0 Å². The Morgan fingerprint density at radius 1 is 1.22 bits per heavy atom. The molecule has 0 amide bonds. The van der Waals surface area contributed by atoms with Gasteiger partial charge in [-0.05, 0) is 57.0 Å². The Kier molecular flexibility index (Phi) is 5.02. The van der Waals surface area contributed by atoms with Gasteiger partial charge in [-0.3, -0.25) is 0 Å². The minimum absolute atomic E-state index is 0.0919. The molecule has 18 heavy (non-hydrogen) atoms. The molecule has 0 bridgehead atoms. The minimum Gasteiger partial charge on any atom is -0.494 e. The SMILES string of the molecule is C[C@H](N)c1ccc(OCCCN2CCCC2)cc1. The molecule has 0 spiro atoms. The van der Waals surface area contributed by atoms with E-state index in [0.717, 1.165) is 30.9 Å². The standard InChI is InChI=1S/C15H24N2O/c1-13(16)14-5-7-15(8-6-14)18-12-4-11-17-9-2-3-10-17/h5-8,13H,2-4,9-12,16H2,1H3/t13-/m0/s1. The highest BCUT2D eigenvalue weighted by molar-refractivity contribution is 5.28. The number of ether oxygens (including phenoxy) is 1. The zero-order valence-electron chi connectivity index (χ0n) is 11.3. The van der Waals surface area contributed by atoms with Crippen LogP contribution in [0.3, 0.4) is 0 Å². The molecule has 2 rings (SSSR count). The summed E-state index contributed by atoms with van der Waals surface area (Å²) in [6.07, 6.45) is 3.83. The Morgan fingerprint density at radius 3 is 2.50 bits per heavy atom. The molecule has 1 fully saturated rings. The highest BCUT2D eigenvalue weighted by Gasteiger charge is 2.10. The number of benzene rings is 1. The van der Waals surface area contributed by atoms with Gasteiger partial charge in [0.1, 0.15) is 5.75 Å². The zero-order chi connectivity index (χ0) is 12.8. The molecule has 1 saturated heterocycles. The second-order valence-corrected chi connectivity index (χ2v) is 5.11. The summed E-state index contributed by atoms with van der Waals surface area (Å²) in [6, 6.07) is 8.19. The van der Waals surface area contributed by atoms with Gasteiger partial charge in [-0.1, -0.05) is 12.1 Å². The van der Waals surface area contributed by atoms with Crippen molar-refractivity contribution in [3.05, 3.63) is 29.8 Å². The summed E-state index contributed by atoms with van der Waals surface area (Å²) in [5.41, 5.74) is 6.96. The van der Waals surface area contributed by atoms with Crippen LogP contribution in [-0.2, 0) is 0 Å². The third kappa shape index (κ3) is 4.00. The van der Waals surface area contributed by atoms with Gasteiger partial charge in [0.05, 0.1) is 6.61 Å². The van der Waals surface area contributed by atoms with Gasteiger partial charge in [0.2, 0.25) is 0 Å². The second-order valence-electron chi connectivity index (χ2n) is 5.11. The second kappa shape index (κ2) is 6.76. The van der Waals surface area contributed by atoms with Gasteiger partial charge in [-0.15, -0.1) is 0 Å². The van der Waals surface area contributed by atoms with Crippen LogP contribution in [0.1, 0.15) is 37.8 Å². The van der Waals surface area contributed by atoms with Crippen LogP contribution in [0.4, 0.5) is 0 Å². The summed E-state index contributed by atoms with van der Waals surface area (Å²) in [5, 5.41) is 0. The third-order valence-electron chi connectivity index (χ3n) is 3.49. The Balaban J connectivity index is 1.66. The first-order valence-corrected chi connectivity index (χ1v) is 6.96. The summed E-state index contributed by atoms with van der Waals surface area (Å²) in [6.45, 7) is 6.49. The molecule has 0 radical (unpaired) electrons. The monoisotopic (exact) mass is 248 g/mol. The Bertz CT molecular complexity index is 342. The molecule has 0 aromatic heterocycles. The first kappa shape index (κ1) is 13.4. The van der Waals surface area contributed by atoms with E-state index >= 15 is 0 Å². The van der Waals surface area contributed by atoms with Crippen LogP contribution < -0.4 is 10.5 Å². The largest absolute Gasteiger partial charge is 0.494 e. The fourth-order valence-electron chi connectivity index (χ4n) is 2.35. The lowest BCUT2D eigenvalue weighted by atomic mass is 10.1. The van der Waals surface area contributed by atoms with E-state index < -0.39 is 0 Å². The predicted octanol–water partition coefficient (Wildman–Crippen LogP) is 2.57. The van der Waals surface area contributed by atoms with E-state index in [0.29, 0.717) is 0 Å². The van der Waals surface area contributed by atoms with E-state index in [1.165, 1.54) is 25.9 Å². The highest BCUT2D eigenvalue weighted by Crippen LogP contribution is 2.16. The molecule has 1 atom stereocenters. The van der Waals surface area contributed by atoms with E-state index in [9.17, 15) is 0 Å². The quantitative estimate of drug-likeness (QED) is 0.786. The molecule has 3 nitrogen and oxygen atoms in total. The first-order valence-electron chi connectivity index (χ1n) is 6.96. The van der Waals surface area contributed by atoms with Crippen molar-refractivity contribution in [2.75, 3.05) is 26.2 Å². The Hall–Kier alpha value is -1.06. The molecule has 100 valence electrons. The molecule has 2 N–H and O–H groups in total. The van der Waals surface area contributed by atoms with E-state index in [1.807, 2.05) is 31.2 Å². The lowest BCUT2D eigenvalue weighted by Crippen LogP contribution is -2.21. The van der Waals surface area contributed by atoms with Crippen molar-refractivity contribution in [3.63, 3.8) is 0 Å². The van der Waals surface area contributed by atoms with E-state index in [-0.39, 0.29) is 6.04 Å². The van der Waals surface area contributed by atoms with Gasteiger partial charge < -0.3 is 15.4 Å². The summed E-state index contributed by atoms with van der Waals surface area (Å²) in [5.74, 6) is 0.945. The maximum atomic E-state index is 5.81. The van der Waals surface area contributed by atoms with Crippen molar-refractivity contribution in [1.82, 2.24) is 4.90 Å². The van der Waals surface area contributed by atoms with Gasteiger partial charge in [-0.25, -0.2) is 0 Å². The number of hydrogen-bond donors (Lipinski definition) is 1. The molecule has 1 aliphatic heterocycles. The van der Waals surface area contributed by atoms with Crippen molar-refractivity contribution in [2.24, 2.45) is 5.73 Å². The number of hydrogen-bond acceptors (Lipinski definition) is 3. The number of likely N-dealkylation sites (tertiary alicyclic amines) is 1. The van der Waals surface area contributed by atoms with Gasteiger partial charge in [0, 0.05) is 12.6 Å². The molecule has 1 aromatic rings. The summed E-state index contributed by atoms with van der Waals surface area (Å²) >= 11 is 0. The molecule has 1 aliphatic rings. The van der Waals surface area contributed by atoms with Crippen molar-refractivity contribution < 1.29 is 4.74 Å². The lowest BCUT2D eigenvalue weighted by Gasteiger charge is -2.14. The van der Waals surface area contributed by atoms with Crippen molar-refractivity contribution in [3.8, 4) is 5.75 Å². The smallest absolute Gasteiger partial charge is 0.119 e. The molecule has 3 heteroatoms. The fraction of sp³-hybridized carbons (Fsp3) is 0.600. The fourth-order valence-corrected chi connectivity index (χ4v) is 2.35. The highest BCUT2D eigenvalue weighted by atomic mass is 16.5. The van der Waals surface area contributed by atoms with Crippen molar-refractivity contribution >= 4 is 0 Å². The van der Waals surface area contributed by atoms with Crippen LogP contribution in [0, 0.1) is 0 Å². The minimum atomic E-state index is 0.0919. The normalized spacial score (nSPS) is 17.9. The first-order chi connectivity index (χ1) is 8.75. The average molecular weight is 248 g/mol. The Labute approximate surface area is 110 Å². The van der Waals surface area contributed by atoms with E-state index in [2.05, 4.69) is 4.90 Å². The molecule has 0 aliphatic carbocycles. The van der Waals surface area contributed by atoms with Crippen molar-refractivity contribution in [1.29, 1.82) is 0 Å². The van der Waals surface area contributed by atoms with Crippen LogP contribution in [-0.4, -0.2) is 31.1 Å². The predicted molar refractivity (Wildman–Crippen MR) is 74.8 cm³/mol. The molecule has 0 saturated carbocycles. The van der Waals surface area contributed by atoms with Gasteiger partial charge in [-0.2, -0.15) is 0 Å². The van der Waals surface area contributed by atoms with E-state index in [4.69, 9.17) is 10.5 Å². The summed E-state index contributed by atoms with van der Waals surface area (Å²) < 4.78 is 5.73. The van der Waals surface area contributed by atoms with E-state index in [1.54, 1.807) is 0 Å². The average Bonchev–Trinajstić information content (AvgIpc) is 2.88. The number of rotatable bonds is 6. The Morgan fingerprint density at radius 2 is 1.89 bits per heavy atom. The molecular weight excluding hydrogens is 224 g/mol. The van der Waals surface area contributed by atoms with Gasteiger partial charge in [0.25, 0.3) is 0 Å². The van der Waals surface area contributed by atoms with Crippen LogP contribution in [0.2, 0.25) is 0 Å². The van der Waals surface area contributed by atoms with Crippen molar-refractivity contribution in [2.45, 2.75) is 32.2 Å². The zero-order valence-corrected chi connectivity index (χ0v) is 11.3.